The summed E-state index contributed by atoms with van der Waals surface area (Å²) in [4.78, 5) is 6.58. The largest absolute Gasteiger partial charge is 0.416 e. The average Bonchev–Trinajstić information content (AvgIpc) is 3.37. The normalized spacial score (nSPS) is 27.6. The number of hydrogen-bond acceptors (Lipinski definition) is 4. The Morgan fingerprint density at radius 1 is 1.19 bits per heavy atom. The molecular weight excluding hydrogens is 524 g/mol. The quantitative estimate of drug-likeness (QED) is 0.333. The summed E-state index contributed by atoms with van der Waals surface area (Å²) in [5, 5.41) is 6.83. The number of benzene rings is 1. The van der Waals surface area contributed by atoms with Crippen molar-refractivity contribution >= 4 is 29.9 Å². The predicted octanol–water partition coefficient (Wildman–Crippen LogP) is 3.18. The fourth-order valence-electron chi connectivity index (χ4n) is 4.59. The van der Waals surface area contributed by atoms with Crippen LogP contribution in [0.3, 0.4) is 0 Å². The van der Waals surface area contributed by atoms with Crippen LogP contribution in [0.1, 0.15) is 36.4 Å². The summed E-state index contributed by atoms with van der Waals surface area (Å²) in [6.45, 7) is 3.24. The van der Waals surface area contributed by atoms with E-state index in [-0.39, 0.29) is 42.2 Å². The van der Waals surface area contributed by atoms with Crippen molar-refractivity contribution in [1.82, 2.24) is 15.5 Å². The van der Waals surface area contributed by atoms with Crippen molar-refractivity contribution in [1.29, 1.82) is 0 Å². The van der Waals surface area contributed by atoms with Crippen molar-refractivity contribution in [2.45, 2.75) is 49.7 Å². The van der Waals surface area contributed by atoms with Gasteiger partial charge >= 0.3 is 6.18 Å². The maximum absolute atomic E-state index is 13.0. The molecule has 6 nitrogen and oxygen atoms in total. The van der Waals surface area contributed by atoms with Gasteiger partial charge in [0.25, 0.3) is 0 Å². The van der Waals surface area contributed by atoms with E-state index in [1.165, 1.54) is 0 Å². The van der Waals surface area contributed by atoms with Gasteiger partial charge in [0.2, 0.25) is 0 Å². The molecule has 2 bridgehead atoms. The number of rotatable bonds is 5. The van der Waals surface area contributed by atoms with Gasteiger partial charge < -0.3 is 20.1 Å². The van der Waals surface area contributed by atoms with Crippen LogP contribution in [0.5, 0.6) is 0 Å². The molecule has 3 saturated heterocycles. The number of nitrogens with one attached hydrogen (secondary N) is 2. The summed E-state index contributed by atoms with van der Waals surface area (Å²) in [7, 11) is 1.73. The van der Waals surface area contributed by atoms with E-state index in [4.69, 9.17) is 9.47 Å². The Morgan fingerprint density at radius 3 is 2.45 bits per heavy atom. The molecule has 3 heterocycles. The molecule has 4 atom stereocenters. The summed E-state index contributed by atoms with van der Waals surface area (Å²) >= 11 is 0. The van der Waals surface area contributed by atoms with Crippen LogP contribution in [0.4, 0.5) is 13.2 Å². The Kier molecular flexibility index (Phi) is 8.44. The first kappa shape index (κ1) is 24.5. The second kappa shape index (κ2) is 10.7. The van der Waals surface area contributed by atoms with Crippen LogP contribution in [0.15, 0.2) is 29.3 Å². The van der Waals surface area contributed by atoms with Crippen LogP contribution in [-0.4, -0.2) is 69.0 Å². The molecule has 0 aromatic heterocycles. The molecule has 10 heteroatoms. The SMILES string of the molecule is CN=C(NCC(c1ccc(C(F)(F)F)cc1)N1CCOCC1)NC1CC2CCC1O2.I. The molecule has 0 spiro atoms. The van der Waals surface area contributed by atoms with Crippen molar-refractivity contribution in [3.05, 3.63) is 35.4 Å². The molecule has 31 heavy (non-hydrogen) atoms. The Hall–Kier alpha value is -1.11. The van der Waals surface area contributed by atoms with E-state index in [0.717, 1.165) is 50.0 Å². The molecule has 1 aromatic carbocycles. The molecule has 3 aliphatic heterocycles. The Labute approximate surface area is 198 Å². The van der Waals surface area contributed by atoms with Crippen LogP contribution in [0.25, 0.3) is 0 Å². The molecule has 3 fully saturated rings. The first-order chi connectivity index (χ1) is 14.4. The molecular formula is C21H30F3IN4O2. The third-order valence-electron chi connectivity index (χ3n) is 6.22. The first-order valence-corrected chi connectivity index (χ1v) is 10.6. The van der Waals surface area contributed by atoms with Crippen LogP contribution >= 0.6 is 24.0 Å². The lowest BCUT2D eigenvalue weighted by Gasteiger charge is -2.35. The van der Waals surface area contributed by atoms with Crippen LogP contribution in [0.2, 0.25) is 0 Å². The zero-order valence-electron chi connectivity index (χ0n) is 17.5. The molecule has 4 rings (SSSR count). The highest BCUT2D eigenvalue weighted by Gasteiger charge is 2.41. The topological polar surface area (TPSA) is 58.1 Å². The maximum atomic E-state index is 13.0. The third kappa shape index (κ3) is 6.02. The Morgan fingerprint density at radius 2 is 1.90 bits per heavy atom. The van der Waals surface area contributed by atoms with E-state index in [0.29, 0.717) is 31.8 Å². The van der Waals surface area contributed by atoms with E-state index >= 15 is 0 Å². The second-order valence-corrected chi connectivity index (χ2v) is 8.10. The number of fused-ring (bicyclic) bond motifs is 2. The van der Waals surface area contributed by atoms with E-state index in [9.17, 15) is 13.2 Å². The summed E-state index contributed by atoms with van der Waals surface area (Å²) < 4.78 is 50.2. The van der Waals surface area contributed by atoms with E-state index < -0.39 is 11.7 Å². The fourth-order valence-corrected chi connectivity index (χ4v) is 4.59. The highest BCUT2D eigenvalue weighted by molar-refractivity contribution is 14.0. The lowest BCUT2D eigenvalue weighted by atomic mass is 9.96. The summed E-state index contributed by atoms with van der Waals surface area (Å²) in [5.41, 5.74) is 0.213. The monoisotopic (exact) mass is 554 g/mol. The standard InChI is InChI=1S/C21H29F3N4O2.HI/c1-25-20(27-17-12-16-6-7-19(17)30-16)26-13-18(28-8-10-29-11-9-28)14-2-4-15(5-3-14)21(22,23)24;/h2-5,16-19H,6-13H2,1H3,(H2,25,26,27);1H. The van der Waals surface area contributed by atoms with Crippen molar-refractivity contribution in [2.24, 2.45) is 4.99 Å². The summed E-state index contributed by atoms with van der Waals surface area (Å²) in [6, 6.07) is 5.63. The predicted molar refractivity (Wildman–Crippen MR) is 123 cm³/mol. The van der Waals surface area contributed by atoms with Gasteiger partial charge in [-0.05, 0) is 37.0 Å². The van der Waals surface area contributed by atoms with Crippen molar-refractivity contribution in [2.75, 3.05) is 39.9 Å². The summed E-state index contributed by atoms with van der Waals surface area (Å²) in [6.07, 6.45) is -0.572. The number of guanidine groups is 1. The van der Waals surface area contributed by atoms with Gasteiger partial charge in [-0.1, -0.05) is 12.1 Å². The van der Waals surface area contributed by atoms with Gasteiger partial charge in [-0.15, -0.1) is 24.0 Å². The fraction of sp³-hybridized carbons (Fsp3) is 0.667. The molecule has 4 unspecified atom stereocenters. The van der Waals surface area contributed by atoms with E-state index in [1.807, 2.05) is 0 Å². The number of morpholine rings is 1. The van der Waals surface area contributed by atoms with Gasteiger partial charge in [0.1, 0.15) is 0 Å². The number of alkyl halides is 3. The zero-order valence-corrected chi connectivity index (χ0v) is 19.9. The molecule has 2 N–H and O–H groups in total. The Bertz CT molecular complexity index is 741. The van der Waals surface area contributed by atoms with E-state index in [2.05, 4.69) is 20.5 Å². The van der Waals surface area contributed by atoms with Gasteiger partial charge in [0, 0.05) is 26.7 Å². The average molecular weight is 554 g/mol. The summed E-state index contributed by atoms with van der Waals surface area (Å²) in [5.74, 6) is 0.696. The minimum absolute atomic E-state index is 0. The highest BCUT2D eigenvalue weighted by atomic mass is 127. The smallest absolute Gasteiger partial charge is 0.379 e. The highest BCUT2D eigenvalue weighted by Crippen LogP contribution is 2.34. The molecule has 0 saturated carbocycles. The van der Waals surface area contributed by atoms with Gasteiger partial charge in [-0.3, -0.25) is 9.89 Å². The molecule has 0 amide bonds. The van der Waals surface area contributed by atoms with Crippen molar-refractivity contribution in [3.63, 3.8) is 0 Å². The molecule has 0 aliphatic carbocycles. The number of aliphatic imine (C=N–C) groups is 1. The molecule has 0 radical (unpaired) electrons. The van der Waals surface area contributed by atoms with Gasteiger partial charge in [0.05, 0.1) is 43.1 Å². The van der Waals surface area contributed by atoms with Gasteiger partial charge in [0.15, 0.2) is 5.96 Å². The lowest BCUT2D eigenvalue weighted by Crippen LogP contribution is -2.50. The zero-order chi connectivity index (χ0) is 21.1. The molecule has 3 aliphatic rings. The van der Waals surface area contributed by atoms with Gasteiger partial charge in [-0.2, -0.15) is 13.2 Å². The van der Waals surface area contributed by atoms with Gasteiger partial charge in [-0.25, -0.2) is 0 Å². The lowest BCUT2D eigenvalue weighted by molar-refractivity contribution is -0.137. The van der Waals surface area contributed by atoms with Crippen LogP contribution in [-0.2, 0) is 15.7 Å². The first-order valence-electron chi connectivity index (χ1n) is 10.6. The number of ether oxygens (including phenoxy) is 2. The maximum Gasteiger partial charge on any atom is 0.416 e. The van der Waals surface area contributed by atoms with Crippen LogP contribution in [0, 0.1) is 0 Å². The minimum Gasteiger partial charge on any atom is -0.379 e. The molecule has 1 aromatic rings. The van der Waals surface area contributed by atoms with Crippen molar-refractivity contribution < 1.29 is 22.6 Å². The molecule has 174 valence electrons. The number of halogens is 4. The Balaban J connectivity index is 0.00000272. The van der Waals surface area contributed by atoms with E-state index in [1.54, 1.807) is 19.2 Å². The van der Waals surface area contributed by atoms with Crippen LogP contribution < -0.4 is 10.6 Å². The minimum atomic E-state index is -4.33. The second-order valence-electron chi connectivity index (χ2n) is 8.10. The number of nitrogens with zero attached hydrogens (tertiary/aromatic N) is 2. The van der Waals surface area contributed by atoms with Crippen molar-refractivity contribution in [3.8, 4) is 0 Å². The third-order valence-corrected chi connectivity index (χ3v) is 6.22. The number of hydrogen-bond donors (Lipinski definition) is 2.